The van der Waals surface area contributed by atoms with Crippen LogP contribution in [0.2, 0.25) is 0 Å². The zero-order chi connectivity index (χ0) is 21.4. The largest absolute Gasteiger partial charge is 0.416 e. The van der Waals surface area contributed by atoms with E-state index in [4.69, 9.17) is 0 Å². The van der Waals surface area contributed by atoms with E-state index in [9.17, 15) is 23.1 Å². The fraction of sp³-hybridized carbons (Fsp3) is 0.435. The Morgan fingerprint density at radius 1 is 0.931 bits per heavy atom. The van der Waals surface area contributed by atoms with Crippen LogP contribution in [-0.4, -0.2) is 24.0 Å². The number of benzene rings is 2. The van der Waals surface area contributed by atoms with Crippen molar-refractivity contribution in [1.82, 2.24) is 0 Å². The molecule has 2 rings (SSSR count). The number of Topliss-reactive ketones (excluding diaryl/α,β-unsaturated/α-hetero) is 1. The minimum absolute atomic E-state index is 0.0436. The summed E-state index contributed by atoms with van der Waals surface area (Å²) in [5, 5.41) is 10.4. The van der Waals surface area contributed by atoms with Crippen LogP contribution in [0.4, 0.5) is 18.9 Å². The first-order valence-electron chi connectivity index (χ1n) is 10.0. The van der Waals surface area contributed by atoms with Crippen LogP contribution in [0.3, 0.4) is 0 Å². The van der Waals surface area contributed by atoms with Crippen LogP contribution in [0, 0.1) is 0 Å². The first-order chi connectivity index (χ1) is 13.8. The number of rotatable bonds is 10. The molecule has 0 bridgehead atoms. The monoisotopic (exact) mass is 407 g/mol. The molecule has 3 nitrogen and oxygen atoms in total. The van der Waals surface area contributed by atoms with Gasteiger partial charge in [-0.2, -0.15) is 13.2 Å². The number of aliphatic hydroxyl groups excluding tert-OH is 1. The minimum atomic E-state index is -4.46. The minimum Gasteiger partial charge on any atom is -0.380 e. The van der Waals surface area contributed by atoms with E-state index >= 15 is 0 Å². The molecule has 6 heteroatoms. The Morgan fingerprint density at radius 2 is 1.45 bits per heavy atom. The molecule has 0 fully saturated rings. The topological polar surface area (TPSA) is 40.5 Å². The van der Waals surface area contributed by atoms with Crippen molar-refractivity contribution in [3.05, 3.63) is 65.2 Å². The molecule has 0 aromatic heterocycles. The Labute approximate surface area is 170 Å². The zero-order valence-electron chi connectivity index (χ0n) is 16.9. The average Bonchev–Trinajstić information content (AvgIpc) is 2.72. The fourth-order valence-corrected chi connectivity index (χ4v) is 3.07. The maximum Gasteiger partial charge on any atom is 0.416 e. The lowest BCUT2D eigenvalue weighted by molar-refractivity contribution is -0.137. The van der Waals surface area contributed by atoms with Crippen molar-refractivity contribution < 1.29 is 23.1 Å². The van der Waals surface area contributed by atoms with Gasteiger partial charge in [0.05, 0.1) is 5.56 Å². The molecule has 0 spiro atoms. The van der Waals surface area contributed by atoms with Gasteiger partial charge < -0.3 is 10.0 Å². The maximum absolute atomic E-state index is 12.7. The van der Waals surface area contributed by atoms with Gasteiger partial charge in [-0.15, -0.1) is 0 Å². The van der Waals surface area contributed by atoms with E-state index < -0.39 is 23.6 Å². The van der Waals surface area contributed by atoms with Gasteiger partial charge in [-0.25, -0.2) is 0 Å². The average molecular weight is 407 g/mol. The Balaban J connectivity index is 2.12. The standard InChI is InChI=1S/C23H28F3NO2/c1-3-5-15-27(16-6-4-2)20-13-9-18(10-14-20)22(29)21(28)17-7-11-19(12-8-17)23(24,25)26/h7-14,22,29H,3-6,15-16H2,1-2H3. The van der Waals surface area contributed by atoms with E-state index in [0.717, 1.165) is 68.7 Å². The molecule has 0 heterocycles. The van der Waals surface area contributed by atoms with Gasteiger partial charge in [0.1, 0.15) is 6.10 Å². The quantitative estimate of drug-likeness (QED) is 0.489. The predicted molar refractivity (Wildman–Crippen MR) is 109 cm³/mol. The molecule has 158 valence electrons. The number of hydrogen-bond acceptors (Lipinski definition) is 3. The van der Waals surface area contributed by atoms with E-state index in [1.165, 1.54) is 0 Å². The lowest BCUT2D eigenvalue weighted by Crippen LogP contribution is -2.25. The highest BCUT2D eigenvalue weighted by Gasteiger charge is 2.30. The Hall–Kier alpha value is -2.34. The zero-order valence-corrected chi connectivity index (χ0v) is 16.9. The van der Waals surface area contributed by atoms with Crippen molar-refractivity contribution in [1.29, 1.82) is 0 Å². The Kier molecular flexibility index (Phi) is 8.26. The predicted octanol–water partition coefficient (Wildman–Crippen LogP) is 6.03. The van der Waals surface area contributed by atoms with Crippen molar-refractivity contribution in [3.8, 4) is 0 Å². The number of halogens is 3. The second-order valence-corrected chi connectivity index (χ2v) is 7.13. The second-order valence-electron chi connectivity index (χ2n) is 7.13. The molecule has 29 heavy (non-hydrogen) atoms. The molecular weight excluding hydrogens is 379 g/mol. The van der Waals surface area contributed by atoms with Gasteiger partial charge in [0, 0.05) is 24.3 Å². The highest BCUT2D eigenvalue weighted by atomic mass is 19.4. The van der Waals surface area contributed by atoms with Crippen molar-refractivity contribution in [2.24, 2.45) is 0 Å². The molecule has 1 N–H and O–H groups in total. The van der Waals surface area contributed by atoms with Crippen molar-refractivity contribution >= 4 is 11.5 Å². The molecule has 0 aliphatic carbocycles. The molecule has 2 aromatic carbocycles. The number of hydrogen-bond donors (Lipinski definition) is 1. The van der Waals surface area contributed by atoms with Crippen LogP contribution in [0.5, 0.6) is 0 Å². The smallest absolute Gasteiger partial charge is 0.380 e. The molecule has 0 amide bonds. The summed E-state index contributed by atoms with van der Waals surface area (Å²) in [6, 6.07) is 11.1. The summed E-state index contributed by atoms with van der Waals surface area (Å²) in [5.41, 5.74) is 0.670. The normalized spacial score (nSPS) is 12.6. The molecule has 0 aliphatic rings. The van der Waals surface area contributed by atoms with Crippen molar-refractivity contribution in [2.75, 3.05) is 18.0 Å². The van der Waals surface area contributed by atoms with Gasteiger partial charge in [-0.05, 0) is 42.7 Å². The summed E-state index contributed by atoms with van der Waals surface area (Å²) < 4.78 is 38.0. The van der Waals surface area contributed by atoms with E-state index in [1.807, 2.05) is 12.1 Å². The van der Waals surface area contributed by atoms with Crippen LogP contribution in [-0.2, 0) is 6.18 Å². The molecule has 1 atom stereocenters. The van der Waals surface area contributed by atoms with Gasteiger partial charge in [0.15, 0.2) is 5.78 Å². The summed E-state index contributed by atoms with van der Waals surface area (Å²) in [7, 11) is 0. The maximum atomic E-state index is 12.7. The molecule has 0 aliphatic heterocycles. The summed E-state index contributed by atoms with van der Waals surface area (Å²) >= 11 is 0. The molecular formula is C23H28F3NO2. The number of aliphatic hydroxyl groups is 1. The molecule has 0 radical (unpaired) electrons. The third kappa shape index (κ3) is 6.32. The van der Waals surface area contributed by atoms with E-state index in [0.29, 0.717) is 5.56 Å². The number of carbonyl (C=O) groups excluding carboxylic acids is 1. The van der Waals surface area contributed by atoms with Crippen molar-refractivity contribution in [3.63, 3.8) is 0 Å². The van der Waals surface area contributed by atoms with E-state index in [2.05, 4.69) is 18.7 Å². The third-order valence-corrected chi connectivity index (χ3v) is 4.88. The Bertz CT molecular complexity index is 762. The highest BCUT2D eigenvalue weighted by molar-refractivity contribution is 5.99. The number of nitrogens with zero attached hydrogens (tertiary/aromatic N) is 1. The van der Waals surface area contributed by atoms with Gasteiger partial charge >= 0.3 is 6.18 Å². The molecule has 2 aromatic rings. The third-order valence-electron chi connectivity index (χ3n) is 4.88. The SMILES string of the molecule is CCCCN(CCCC)c1ccc(C(O)C(=O)c2ccc(C(F)(F)F)cc2)cc1. The van der Waals surface area contributed by atoms with Crippen LogP contribution in [0.25, 0.3) is 0 Å². The molecule has 0 saturated carbocycles. The fourth-order valence-electron chi connectivity index (χ4n) is 3.07. The lowest BCUT2D eigenvalue weighted by Gasteiger charge is -2.25. The number of ketones is 1. The van der Waals surface area contributed by atoms with Crippen LogP contribution in [0.15, 0.2) is 48.5 Å². The van der Waals surface area contributed by atoms with E-state index in [1.54, 1.807) is 12.1 Å². The summed E-state index contributed by atoms with van der Waals surface area (Å²) in [6.45, 7) is 6.18. The van der Waals surface area contributed by atoms with Gasteiger partial charge in [-0.3, -0.25) is 4.79 Å². The van der Waals surface area contributed by atoms with Crippen LogP contribution >= 0.6 is 0 Å². The van der Waals surface area contributed by atoms with Crippen molar-refractivity contribution in [2.45, 2.75) is 51.8 Å². The highest BCUT2D eigenvalue weighted by Crippen LogP contribution is 2.30. The molecule has 0 saturated heterocycles. The van der Waals surface area contributed by atoms with Gasteiger partial charge in [0.2, 0.25) is 0 Å². The van der Waals surface area contributed by atoms with Gasteiger partial charge in [0.25, 0.3) is 0 Å². The summed E-state index contributed by atoms with van der Waals surface area (Å²) in [5.74, 6) is -0.625. The summed E-state index contributed by atoms with van der Waals surface area (Å²) in [4.78, 5) is 14.8. The van der Waals surface area contributed by atoms with E-state index in [-0.39, 0.29) is 5.56 Å². The first-order valence-corrected chi connectivity index (χ1v) is 10.0. The van der Waals surface area contributed by atoms with Crippen LogP contribution in [0.1, 0.15) is 67.1 Å². The second kappa shape index (κ2) is 10.4. The number of alkyl halides is 3. The number of unbranched alkanes of at least 4 members (excludes halogenated alkanes) is 2. The number of anilines is 1. The summed E-state index contributed by atoms with van der Waals surface area (Å²) in [6.07, 6.45) is -1.51. The Morgan fingerprint density at radius 3 is 1.90 bits per heavy atom. The first kappa shape index (κ1) is 22.9. The van der Waals surface area contributed by atoms with Gasteiger partial charge in [-0.1, -0.05) is 51.0 Å². The molecule has 1 unspecified atom stereocenters. The van der Waals surface area contributed by atoms with Crippen LogP contribution < -0.4 is 4.90 Å². The lowest BCUT2D eigenvalue weighted by atomic mass is 9.98. The number of carbonyl (C=O) groups is 1.